The Morgan fingerprint density at radius 1 is 1.55 bits per heavy atom. The normalized spacial score (nSPS) is 38.0. The van der Waals surface area contributed by atoms with E-state index >= 15 is 0 Å². The third-order valence-corrected chi connectivity index (χ3v) is 4.76. The van der Waals surface area contributed by atoms with Crippen molar-refractivity contribution in [2.45, 2.75) is 31.3 Å². The highest BCUT2D eigenvalue weighted by molar-refractivity contribution is 6.18. The first kappa shape index (κ1) is 15.4. The van der Waals surface area contributed by atoms with E-state index in [1.54, 1.807) is 0 Å². The van der Waals surface area contributed by atoms with Crippen LogP contribution in [0.4, 0.5) is 4.79 Å². The van der Waals surface area contributed by atoms with Crippen molar-refractivity contribution in [3.8, 4) is 0 Å². The Bertz CT molecular complexity index is 523. The van der Waals surface area contributed by atoms with Gasteiger partial charge in [-0.25, -0.2) is 9.59 Å². The lowest BCUT2D eigenvalue weighted by Gasteiger charge is -2.35. The first-order valence-corrected chi connectivity index (χ1v) is 7.66. The molecule has 1 amide bonds. The third-order valence-electron chi connectivity index (χ3n) is 4.57. The molecule has 0 radical (unpaired) electrons. The van der Waals surface area contributed by atoms with Gasteiger partial charge in [-0.3, -0.25) is 0 Å². The lowest BCUT2D eigenvalue weighted by atomic mass is 9.82. The molecule has 1 saturated carbocycles. The molecule has 7 nitrogen and oxygen atoms in total. The van der Waals surface area contributed by atoms with Gasteiger partial charge < -0.3 is 24.3 Å². The van der Waals surface area contributed by atoms with Crippen LogP contribution < -0.4 is 5.32 Å². The number of alkyl halides is 1. The van der Waals surface area contributed by atoms with Gasteiger partial charge in [0.2, 0.25) is 0 Å². The van der Waals surface area contributed by atoms with Gasteiger partial charge in [-0.05, 0) is 13.3 Å². The SMILES string of the molecule is COC(=O)C1=COC(OC(=O)NCCCl)C2C1CC1OC12C. The van der Waals surface area contributed by atoms with Crippen LogP contribution in [0.1, 0.15) is 13.3 Å². The highest BCUT2D eigenvalue weighted by Crippen LogP contribution is 2.60. The molecular formula is C14H18ClNO6. The van der Waals surface area contributed by atoms with Crippen LogP contribution in [0.5, 0.6) is 0 Å². The fourth-order valence-corrected chi connectivity index (χ4v) is 3.53. The van der Waals surface area contributed by atoms with Crippen molar-refractivity contribution in [3.63, 3.8) is 0 Å². The Hall–Kier alpha value is -1.47. The molecule has 0 bridgehead atoms. The Labute approximate surface area is 132 Å². The van der Waals surface area contributed by atoms with Crippen LogP contribution in [0.25, 0.3) is 0 Å². The number of nitrogens with one attached hydrogen (secondary N) is 1. The Morgan fingerprint density at radius 2 is 2.32 bits per heavy atom. The number of fused-ring (bicyclic) bond motifs is 3. The lowest BCUT2D eigenvalue weighted by molar-refractivity contribution is -0.150. The summed E-state index contributed by atoms with van der Waals surface area (Å²) in [7, 11) is 1.33. The first-order chi connectivity index (χ1) is 10.5. The van der Waals surface area contributed by atoms with E-state index in [1.807, 2.05) is 6.92 Å². The van der Waals surface area contributed by atoms with Gasteiger partial charge >= 0.3 is 12.1 Å². The van der Waals surface area contributed by atoms with Crippen LogP contribution in [0.2, 0.25) is 0 Å². The summed E-state index contributed by atoms with van der Waals surface area (Å²) in [5.41, 5.74) is 0.0286. The predicted molar refractivity (Wildman–Crippen MR) is 75.1 cm³/mol. The molecule has 3 aliphatic rings. The summed E-state index contributed by atoms with van der Waals surface area (Å²) < 4.78 is 21.3. The number of esters is 1. The van der Waals surface area contributed by atoms with E-state index in [-0.39, 0.29) is 17.9 Å². The molecule has 2 heterocycles. The maximum atomic E-state index is 11.9. The number of carbonyl (C=O) groups excluding carboxylic acids is 2. The highest BCUT2D eigenvalue weighted by Gasteiger charge is 2.71. The van der Waals surface area contributed by atoms with Gasteiger partial charge in [0.15, 0.2) is 0 Å². The maximum Gasteiger partial charge on any atom is 0.410 e. The van der Waals surface area contributed by atoms with Gasteiger partial charge in [-0.15, -0.1) is 11.6 Å². The number of rotatable bonds is 4. The number of epoxide rings is 1. The van der Waals surface area contributed by atoms with Gasteiger partial charge in [-0.2, -0.15) is 0 Å². The molecule has 1 saturated heterocycles. The highest BCUT2D eigenvalue weighted by atomic mass is 35.5. The topological polar surface area (TPSA) is 86.4 Å². The third kappa shape index (κ3) is 2.42. The smallest absolute Gasteiger partial charge is 0.410 e. The van der Waals surface area contributed by atoms with Gasteiger partial charge in [0.05, 0.1) is 31.0 Å². The quantitative estimate of drug-likeness (QED) is 0.472. The van der Waals surface area contributed by atoms with Crippen molar-refractivity contribution in [1.29, 1.82) is 0 Å². The predicted octanol–water partition coefficient (Wildman–Crippen LogP) is 1.16. The average Bonchev–Trinajstić information content (AvgIpc) is 3.06. The fraction of sp³-hybridized carbons (Fsp3) is 0.714. The first-order valence-electron chi connectivity index (χ1n) is 7.13. The number of methoxy groups -OCH3 is 1. The van der Waals surface area contributed by atoms with E-state index in [4.69, 9.17) is 30.5 Å². The number of hydrogen-bond donors (Lipinski definition) is 1. The number of halogens is 1. The molecule has 1 aliphatic carbocycles. The summed E-state index contributed by atoms with van der Waals surface area (Å²) in [5.74, 6) is -0.471. The summed E-state index contributed by atoms with van der Waals surface area (Å²) in [4.78, 5) is 23.6. The standard InChI is InChI=1S/C14H18ClNO6/c1-14-9(22-14)5-7-8(11(17)19-2)6-20-12(10(7)14)21-13(18)16-4-3-15/h6-7,9-10,12H,3-5H2,1-2H3,(H,16,18). The maximum absolute atomic E-state index is 11.9. The van der Waals surface area contributed by atoms with Crippen LogP contribution in [-0.4, -0.2) is 49.6 Å². The van der Waals surface area contributed by atoms with Crippen LogP contribution in [-0.2, 0) is 23.7 Å². The zero-order valence-corrected chi connectivity index (χ0v) is 13.1. The molecule has 5 atom stereocenters. The van der Waals surface area contributed by atoms with Crippen LogP contribution in [0, 0.1) is 11.8 Å². The van der Waals surface area contributed by atoms with Crippen molar-refractivity contribution in [2.75, 3.05) is 19.5 Å². The van der Waals surface area contributed by atoms with Crippen molar-refractivity contribution in [1.82, 2.24) is 5.32 Å². The molecule has 0 aromatic heterocycles. The zero-order valence-electron chi connectivity index (χ0n) is 12.3. The van der Waals surface area contributed by atoms with Crippen LogP contribution >= 0.6 is 11.6 Å². The molecule has 3 rings (SSSR count). The molecule has 122 valence electrons. The summed E-state index contributed by atoms with van der Waals surface area (Å²) in [6.07, 6.45) is 0.669. The second-order valence-corrected chi connectivity index (χ2v) is 6.13. The number of alkyl carbamates (subject to hydrolysis) is 1. The summed E-state index contributed by atoms with van der Waals surface area (Å²) in [5, 5.41) is 2.52. The number of amides is 1. The van der Waals surface area contributed by atoms with E-state index < -0.39 is 24.0 Å². The molecule has 1 N–H and O–H groups in total. The molecular weight excluding hydrogens is 314 g/mol. The Kier molecular flexibility index (Phi) is 3.94. The number of hydrogen-bond acceptors (Lipinski definition) is 6. The number of carbonyl (C=O) groups is 2. The van der Waals surface area contributed by atoms with Gasteiger partial charge in [0.25, 0.3) is 6.29 Å². The van der Waals surface area contributed by atoms with Crippen molar-refractivity contribution in [3.05, 3.63) is 11.8 Å². The van der Waals surface area contributed by atoms with Gasteiger partial charge in [0.1, 0.15) is 5.60 Å². The number of ether oxygens (including phenoxy) is 4. The monoisotopic (exact) mass is 331 g/mol. The molecule has 0 aromatic carbocycles. The molecule has 2 fully saturated rings. The minimum Gasteiger partial charge on any atom is -0.466 e. The minimum atomic E-state index is -0.800. The van der Waals surface area contributed by atoms with E-state index in [0.29, 0.717) is 24.4 Å². The summed E-state index contributed by atoms with van der Waals surface area (Å²) in [6, 6.07) is 0. The minimum absolute atomic E-state index is 0.0502. The molecule has 2 aliphatic heterocycles. The zero-order chi connectivity index (χ0) is 15.9. The largest absolute Gasteiger partial charge is 0.466 e. The Balaban J connectivity index is 1.76. The van der Waals surface area contributed by atoms with E-state index in [1.165, 1.54) is 13.4 Å². The molecule has 0 spiro atoms. The molecule has 22 heavy (non-hydrogen) atoms. The van der Waals surface area contributed by atoms with E-state index in [9.17, 15) is 9.59 Å². The van der Waals surface area contributed by atoms with E-state index in [0.717, 1.165) is 0 Å². The molecule has 8 heteroatoms. The van der Waals surface area contributed by atoms with Gasteiger partial charge in [-0.1, -0.05) is 0 Å². The van der Waals surface area contributed by atoms with Gasteiger partial charge in [0, 0.05) is 18.3 Å². The average molecular weight is 332 g/mol. The second kappa shape index (κ2) is 5.62. The van der Waals surface area contributed by atoms with Crippen molar-refractivity contribution >= 4 is 23.7 Å². The molecule has 0 aromatic rings. The van der Waals surface area contributed by atoms with Crippen LogP contribution in [0.3, 0.4) is 0 Å². The van der Waals surface area contributed by atoms with E-state index in [2.05, 4.69) is 5.32 Å². The molecule has 5 unspecified atom stereocenters. The second-order valence-electron chi connectivity index (χ2n) is 5.75. The summed E-state index contributed by atoms with van der Waals surface area (Å²) >= 11 is 5.52. The fourth-order valence-electron chi connectivity index (χ4n) is 3.43. The van der Waals surface area contributed by atoms with Crippen LogP contribution in [0.15, 0.2) is 11.8 Å². The van der Waals surface area contributed by atoms with Crippen molar-refractivity contribution < 1.29 is 28.5 Å². The van der Waals surface area contributed by atoms with Crippen molar-refractivity contribution in [2.24, 2.45) is 11.8 Å². The summed E-state index contributed by atoms with van der Waals surface area (Å²) in [6.45, 7) is 2.25. The lowest BCUT2D eigenvalue weighted by Crippen LogP contribution is -2.45. The Morgan fingerprint density at radius 3 is 3.00 bits per heavy atom.